The molecule has 0 saturated carbocycles. The number of nitrogens with one attached hydrogen (secondary N) is 2. The van der Waals surface area contributed by atoms with Crippen molar-refractivity contribution in [1.29, 1.82) is 0 Å². The number of nitrogens with zero attached hydrogens (tertiary/aromatic N) is 1. The van der Waals surface area contributed by atoms with Crippen LogP contribution in [0.4, 0.5) is 13.2 Å². The third kappa shape index (κ3) is 3.51. The van der Waals surface area contributed by atoms with Gasteiger partial charge in [-0.15, -0.1) is 0 Å². The summed E-state index contributed by atoms with van der Waals surface area (Å²) in [7, 11) is 0. The molecule has 0 bridgehead atoms. The van der Waals surface area contributed by atoms with Crippen LogP contribution in [-0.4, -0.2) is 28.8 Å². The number of hydrogen-bond donors (Lipinski definition) is 2. The van der Waals surface area contributed by atoms with Gasteiger partial charge in [-0.1, -0.05) is 29.8 Å². The Morgan fingerprint density at radius 3 is 2.70 bits per heavy atom. The van der Waals surface area contributed by atoms with Crippen molar-refractivity contribution in [3.05, 3.63) is 41.0 Å². The van der Waals surface area contributed by atoms with Crippen LogP contribution in [-0.2, 0) is 0 Å². The molecule has 8 heteroatoms. The van der Waals surface area contributed by atoms with Crippen LogP contribution in [0.15, 0.2) is 30.3 Å². The fourth-order valence-corrected chi connectivity index (χ4v) is 1.75. The molecule has 1 aromatic carbocycles. The topological polar surface area (TPSA) is 57.8 Å². The highest BCUT2D eigenvalue weighted by molar-refractivity contribution is 6.33. The number of alkyl halides is 3. The minimum absolute atomic E-state index is 0.0656. The van der Waals surface area contributed by atoms with Gasteiger partial charge >= 0.3 is 6.18 Å². The van der Waals surface area contributed by atoms with Crippen molar-refractivity contribution < 1.29 is 18.0 Å². The number of rotatable bonds is 3. The van der Waals surface area contributed by atoms with Gasteiger partial charge in [-0.25, -0.2) is 0 Å². The minimum atomic E-state index is -4.46. The zero-order valence-electron chi connectivity index (χ0n) is 9.96. The number of carbonyl (C=O) groups excluding carboxylic acids is 1. The van der Waals surface area contributed by atoms with E-state index >= 15 is 0 Å². The van der Waals surface area contributed by atoms with Crippen LogP contribution in [0.1, 0.15) is 10.5 Å². The predicted octanol–water partition coefficient (Wildman–Crippen LogP) is 3.02. The van der Waals surface area contributed by atoms with Crippen LogP contribution in [0, 0.1) is 0 Å². The van der Waals surface area contributed by atoms with E-state index in [2.05, 4.69) is 10.2 Å². The molecule has 0 aliphatic carbocycles. The molecule has 0 atom stereocenters. The van der Waals surface area contributed by atoms with Gasteiger partial charge in [0.25, 0.3) is 5.91 Å². The van der Waals surface area contributed by atoms with Gasteiger partial charge in [-0.3, -0.25) is 9.89 Å². The Hall–Kier alpha value is -2.02. The lowest BCUT2D eigenvalue weighted by atomic mass is 10.1. The molecule has 2 N–H and O–H groups in total. The number of hydrogen-bond acceptors (Lipinski definition) is 2. The number of halogens is 4. The van der Waals surface area contributed by atoms with Crippen molar-refractivity contribution in [2.45, 2.75) is 6.18 Å². The van der Waals surface area contributed by atoms with Crippen molar-refractivity contribution >= 4 is 17.5 Å². The molecule has 0 saturated heterocycles. The van der Waals surface area contributed by atoms with Gasteiger partial charge in [0.2, 0.25) is 0 Å². The number of carbonyl (C=O) groups is 1. The standard InChI is InChI=1S/C12H9ClF3N3O/c13-8-4-2-1-3-7(8)9-5-10(19-18-9)11(20)17-6-12(14,15)16/h1-5H,6H2,(H,17,20)(H,18,19). The maximum Gasteiger partial charge on any atom is 0.405 e. The van der Waals surface area contributed by atoms with Crippen LogP contribution >= 0.6 is 11.6 Å². The van der Waals surface area contributed by atoms with Crippen LogP contribution < -0.4 is 5.32 Å². The van der Waals surface area contributed by atoms with E-state index in [1.807, 2.05) is 0 Å². The van der Waals surface area contributed by atoms with E-state index in [1.165, 1.54) is 6.07 Å². The highest BCUT2D eigenvalue weighted by Crippen LogP contribution is 2.26. The first-order valence-corrected chi connectivity index (χ1v) is 5.90. The van der Waals surface area contributed by atoms with Gasteiger partial charge in [0.15, 0.2) is 0 Å². The summed E-state index contributed by atoms with van der Waals surface area (Å²) in [5.74, 6) is -0.881. The fourth-order valence-electron chi connectivity index (χ4n) is 1.52. The van der Waals surface area contributed by atoms with Gasteiger partial charge in [-0.05, 0) is 12.1 Å². The van der Waals surface area contributed by atoms with Crippen molar-refractivity contribution in [3.63, 3.8) is 0 Å². The van der Waals surface area contributed by atoms with Crippen LogP contribution in [0.2, 0.25) is 5.02 Å². The SMILES string of the molecule is O=C(NCC(F)(F)F)c1cc(-c2ccccc2Cl)n[nH]1. The third-order valence-corrected chi connectivity index (χ3v) is 2.75. The summed E-state index contributed by atoms with van der Waals surface area (Å²) in [6.07, 6.45) is -4.46. The van der Waals surface area contributed by atoms with Crippen molar-refractivity contribution in [3.8, 4) is 11.3 Å². The number of amides is 1. The molecule has 2 rings (SSSR count). The monoisotopic (exact) mass is 303 g/mol. The van der Waals surface area contributed by atoms with Crippen LogP contribution in [0.5, 0.6) is 0 Å². The summed E-state index contributed by atoms with van der Waals surface area (Å²) in [6, 6.07) is 8.15. The van der Waals surface area contributed by atoms with Gasteiger partial charge in [-0.2, -0.15) is 18.3 Å². The molecule has 0 aliphatic heterocycles. The van der Waals surface area contributed by atoms with Gasteiger partial charge in [0, 0.05) is 5.56 Å². The normalized spacial score (nSPS) is 11.4. The van der Waals surface area contributed by atoms with Gasteiger partial charge in [0.05, 0.1) is 10.7 Å². The average Bonchev–Trinajstić information content (AvgIpc) is 2.85. The summed E-state index contributed by atoms with van der Waals surface area (Å²) in [4.78, 5) is 11.5. The molecule has 106 valence electrons. The Balaban J connectivity index is 2.13. The Labute approximate surface area is 116 Å². The summed E-state index contributed by atoms with van der Waals surface area (Å²) in [5.41, 5.74) is 0.900. The minimum Gasteiger partial charge on any atom is -0.342 e. The van der Waals surface area contributed by atoms with Crippen LogP contribution in [0.3, 0.4) is 0 Å². The molecule has 20 heavy (non-hydrogen) atoms. The predicted molar refractivity (Wildman–Crippen MR) is 67.4 cm³/mol. The molecule has 0 aliphatic rings. The highest BCUT2D eigenvalue weighted by atomic mass is 35.5. The molecular formula is C12H9ClF3N3O. The summed E-state index contributed by atoms with van der Waals surface area (Å²) >= 11 is 5.97. The van der Waals surface area contributed by atoms with Crippen LogP contribution in [0.25, 0.3) is 11.3 Å². The van der Waals surface area contributed by atoms with Crippen molar-refractivity contribution in [2.24, 2.45) is 0 Å². The van der Waals surface area contributed by atoms with Crippen molar-refractivity contribution in [1.82, 2.24) is 15.5 Å². The number of H-pyrrole nitrogens is 1. The van der Waals surface area contributed by atoms with E-state index in [-0.39, 0.29) is 5.69 Å². The third-order valence-electron chi connectivity index (χ3n) is 2.42. The molecular weight excluding hydrogens is 295 g/mol. The van der Waals surface area contributed by atoms with Gasteiger partial charge < -0.3 is 5.32 Å². The molecule has 4 nitrogen and oxygen atoms in total. The number of benzene rings is 1. The van der Waals surface area contributed by atoms with E-state index in [0.717, 1.165) is 0 Å². The van der Waals surface area contributed by atoms with Gasteiger partial charge in [0.1, 0.15) is 12.2 Å². The second-order valence-corrected chi connectivity index (χ2v) is 4.35. The fraction of sp³-hybridized carbons (Fsp3) is 0.167. The molecule has 1 amide bonds. The first kappa shape index (κ1) is 14.4. The largest absolute Gasteiger partial charge is 0.405 e. The molecule has 2 aromatic rings. The van der Waals surface area contributed by atoms with E-state index in [1.54, 1.807) is 29.6 Å². The molecule has 1 aromatic heterocycles. The lowest BCUT2D eigenvalue weighted by Crippen LogP contribution is -2.33. The second-order valence-electron chi connectivity index (χ2n) is 3.94. The zero-order valence-corrected chi connectivity index (χ0v) is 10.7. The summed E-state index contributed by atoms with van der Waals surface area (Å²) in [6.45, 7) is -1.40. The molecule has 0 fully saturated rings. The zero-order chi connectivity index (χ0) is 14.8. The van der Waals surface area contributed by atoms with E-state index < -0.39 is 18.6 Å². The lowest BCUT2D eigenvalue weighted by Gasteiger charge is -2.06. The first-order valence-electron chi connectivity index (χ1n) is 5.52. The second kappa shape index (κ2) is 5.54. The number of aromatic nitrogens is 2. The summed E-state index contributed by atoms with van der Waals surface area (Å²) in [5, 5.41) is 8.42. The average molecular weight is 304 g/mol. The van der Waals surface area contributed by atoms with E-state index in [4.69, 9.17) is 11.6 Å². The maximum atomic E-state index is 12.0. The smallest absolute Gasteiger partial charge is 0.342 e. The molecule has 0 radical (unpaired) electrons. The quantitative estimate of drug-likeness (QED) is 0.915. The summed E-state index contributed by atoms with van der Waals surface area (Å²) < 4.78 is 36.0. The van der Waals surface area contributed by atoms with Crippen molar-refractivity contribution in [2.75, 3.05) is 6.54 Å². The molecule has 0 unspecified atom stereocenters. The first-order chi connectivity index (χ1) is 9.37. The molecule has 1 heterocycles. The Kier molecular flexibility index (Phi) is 3.99. The highest BCUT2D eigenvalue weighted by Gasteiger charge is 2.28. The number of aromatic amines is 1. The maximum absolute atomic E-state index is 12.0. The Morgan fingerprint density at radius 1 is 1.35 bits per heavy atom. The molecule has 0 spiro atoms. The van der Waals surface area contributed by atoms with E-state index in [0.29, 0.717) is 16.3 Å². The Bertz CT molecular complexity index is 624. The lowest BCUT2D eigenvalue weighted by molar-refractivity contribution is -0.123. The van der Waals surface area contributed by atoms with E-state index in [9.17, 15) is 18.0 Å². The Morgan fingerprint density at radius 2 is 2.05 bits per heavy atom.